The van der Waals surface area contributed by atoms with Crippen LogP contribution in [-0.2, 0) is 0 Å². The van der Waals surface area contributed by atoms with Crippen LogP contribution in [0.25, 0.3) is 33.4 Å². The lowest BCUT2D eigenvalue weighted by Crippen LogP contribution is -1.93. The van der Waals surface area contributed by atoms with Crippen LogP contribution in [0.2, 0.25) is 0 Å². The third kappa shape index (κ3) is 3.42. The van der Waals surface area contributed by atoms with Crippen LogP contribution < -0.4 is 11.5 Å². The number of nitrogen functional groups attached to an aromatic ring is 2. The summed E-state index contributed by atoms with van der Waals surface area (Å²) in [6, 6.07) is 31.1. The van der Waals surface area contributed by atoms with Crippen molar-refractivity contribution in [2.24, 2.45) is 0 Å². The molecule has 2 heteroatoms. The number of hydrogen-bond donors (Lipinski definition) is 2. The van der Waals surface area contributed by atoms with E-state index in [9.17, 15) is 0 Å². The van der Waals surface area contributed by atoms with Crippen LogP contribution in [0.5, 0.6) is 0 Å². The Morgan fingerprint density at radius 1 is 0.481 bits per heavy atom. The Hall–Kier alpha value is -3.52. The summed E-state index contributed by atoms with van der Waals surface area (Å²) >= 11 is 0. The quantitative estimate of drug-likeness (QED) is 0.435. The van der Waals surface area contributed by atoms with Crippen LogP contribution in [0.3, 0.4) is 0 Å². The van der Waals surface area contributed by atoms with E-state index in [1.807, 2.05) is 18.2 Å². The molecule has 27 heavy (non-hydrogen) atoms. The van der Waals surface area contributed by atoms with E-state index in [2.05, 4.69) is 79.7 Å². The van der Waals surface area contributed by atoms with Gasteiger partial charge in [0.1, 0.15) is 0 Å². The lowest BCUT2D eigenvalue weighted by atomic mass is 9.89. The highest BCUT2D eigenvalue weighted by Crippen LogP contribution is 2.39. The summed E-state index contributed by atoms with van der Waals surface area (Å²) in [5.74, 6) is 0. The minimum atomic E-state index is 0.753. The van der Waals surface area contributed by atoms with Crippen LogP contribution in [-0.4, -0.2) is 0 Å². The van der Waals surface area contributed by atoms with E-state index >= 15 is 0 Å². The molecule has 0 aliphatic carbocycles. The number of nitrogens with two attached hydrogens (primary N) is 2. The van der Waals surface area contributed by atoms with Gasteiger partial charge in [0.2, 0.25) is 0 Å². The van der Waals surface area contributed by atoms with Gasteiger partial charge in [0.15, 0.2) is 0 Å². The third-order valence-electron chi connectivity index (χ3n) is 4.81. The van der Waals surface area contributed by atoms with Crippen LogP contribution in [0.1, 0.15) is 5.56 Å². The molecule has 0 saturated carbocycles. The Morgan fingerprint density at radius 2 is 1.15 bits per heavy atom. The zero-order valence-electron chi connectivity index (χ0n) is 15.3. The van der Waals surface area contributed by atoms with E-state index < -0.39 is 0 Å². The fourth-order valence-electron chi connectivity index (χ4n) is 3.48. The van der Waals surface area contributed by atoms with Gasteiger partial charge in [-0.1, -0.05) is 72.3 Å². The van der Waals surface area contributed by atoms with Crippen molar-refractivity contribution in [3.63, 3.8) is 0 Å². The fraction of sp³-hybridized carbons (Fsp3) is 0.0400. The topological polar surface area (TPSA) is 52.0 Å². The minimum absolute atomic E-state index is 0.753. The minimum Gasteiger partial charge on any atom is -0.399 e. The predicted molar refractivity (Wildman–Crippen MR) is 116 cm³/mol. The molecule has 4 rings (SSSR count). The van der Waals surface area contributed by atoms with Crippen LogP contribution in [0.15, 0.2) is 91.0 Å². The third-order valence-corrected chi connectivity index (χ3v) is 4.81. The first kappa shape index (κ1) is 16.9. The molecule has 132 valence electrons. The number of anilines is 2. The highest BCUT2D eigenvalue weighted by molar-refractivity contribution is 5.93. The van der Waals surface area contributed by atoms with Crippen molar-refractivity contribution in [3.8, 4) is 33.4 Å². The average molecular weight is 350 g/mol. The van der Waals surface area contributed by atoms with Crippen molar-refractivity contribution >= 4 is 11.4 Å². The lowest BCUT2D eigenvalue weighted by molar-refractivity contribution is 1.46. The lowest BCUT2D eigenvalue weighted by Gasteiger charge is -2.16. The molecule has 4 aromatic carbocycles. The summed E-state index contributed by atoms with van der Waals surface area (Å²) in [5.41, 5.74) is 21.7. The second-order valence-corrected chi connectivity index (χ2v) is 6.84. The maximum absolute atomic E-state index is 6.16. The Kier molecular flexibility index (Phi) is 4.39. The molecular formula is C25H22N2. The SMILES string of the molecule is Cc1cccc(-c2ccccc2-c2cc(N)ccc2-c2ccc(N)cc2)c1. The van der Waals surface area contributed by atoms with Gasteiger partial charge < -0.3 is 11.5 Å². The molecule has 0 amide bonds. The van der Waals surface area contributed by atoms with E-state index in [1.54, 1.807) is 0 Å². The molecule has 0 heterocycles. The maximum atomic E-state index is 6.16. The molecule has 0 aromatic heterocycles. The van der Waals surface area contributed by atoms with Gasteiger partial charge in [-0.15, -0.1) is 0 Å². The maximum Gasteiger partial charge on any atom is 0.0320 e. The standard InChI is InChI=1S/C25H22N2/c1-17-5-4-6-19(15-17)22-7-2-3-8-24(22)25-16-21(27)13-14-23(25)18-9-11-20(26)12-10-18/h2-16H,26-27H2,1H3. The Bertz CT molecular complexity index is 1100. The van der Waals surface area contributed by atoms with Crippen molar-refractivity contribution in [1.29, 1.82) is 0 Å². The Labute approximate surface area is 160 Å². The van der Waals surface area contributed by atoms with E-state index in [4.69, 9.17) is 11.5 Å². The molecule has 0 atom stereocenters. The summed E-state index contributed by atoms with van der Waals surface area (Å²) in [6.07, 6.45) is 0. The number of rotatable bonds is 3. The second kappa shape index (κ2) is 7.00. The smallest absolute Gasteiger partial charge is 0.0320 e. The molecule has 0 fully saturated rings. The van der Waals surface area contributed by atoms with Gasteiger partial charge in [0.05, 0.1) is 0 Å². The first-order chi connectivity index (χ1) is 13.1. The zero-order chi connectivity index (χ0) is 18.8. The van der Waals surface area contributed by atoms with Gasteiger partial charge in [0, 0.05) is 11.4 Å². The van der Waals surface area contributed by atoms with Gasteiger partial charge in [-0.25, -0.2) is 0 Å². The summed E-state index contributed by atoms with van der Waals surface area (Å²) in [6.45, 7) is 2.12. The van der Waals surface area contributed by atoms with E-state index in [1.165, 1.54) is 22.3 Å². The van der Waals surface area contributed by atoms with Crippen molar-refractivity contribution < 1.29 is 0 Å². The Morgan fingerprint density at radius 3 is 1.89 bits per heavy atom. The average Bonchev–Trinajstić information content (AvgIpc) is 2.69. The summed E-state index contributed by atoms with van der Waals surface area (Å²) in [7, 11) is 0. The summed E-state index contributed by atoms with van der Waals surface area (Å²) in [4.78, 5) is 0. The van der Waals surface area contributed by atoms with Crippen LogP contribution >= 0.6 is 0 Å². The van der Waals surface area contributed by atoms with Crippen molar-refractivity contribution in [3.05, 3.63) is 96.6 Å². The molecule has 0 saturated heterocycles. The monoisotopic (exact) mass is 350 g/mol. The highest BCUT2D eigenvalue weighted by atomic mass is 14.5. The van der Waals surface area contributed by atoms with Crippen LogP contribution in [0, 0.1) is 6.92 Å². The first-order valence-corrected chi connectivity index (χ1v) is 9.04. The van der Waals surface area contributed by atoms with Gasteiger partial charge in [-0.05, 0) is 64.6 Å². The van der Waals surface area contributed by atoms with E-state index in [0.29, 0.717) is 0 Å². The number of aryl methyl sites for hydroxylation is 1. The highest BCUT2D eigenvalue weighted by Gasteiger charge is 2.13. The first-order valence-electron chi connectivity index (χ1n) is 9.04. The molecule has 0 bridgehead atoms. The molecule has 2 nitrogen and oxygen atoms in total. The summed E-state index contributed by atoms with van der Waals surface area (Å²) in [5, 5.41) is 0. The number of hydrogen-bond acceptors (Lipinski definition) is 2. The molecule has 0 spiro atoms. The van der Waals surface area contributed by atoms with Crippen LogP contribution in [0.4, 0.5) is 11.4 Å². The van der Waals surface area contributed by atoms with Crippen molar-refractivity contribution in [2.45, 2.75) is 6.92 Å². The molecule has 4 aromatic rings. The van der Waals surface area contributed by atoms with E-state index in [0.717, 1.165) is 28.1 Å². The van der Waals surface area contributed by atoms with E-state index in [-0.39, 0.29) is 0 Å². The molecule has 0 radical (unpaired) electrons. The Balaban J connectivity index is 1.95. The zero-order valence-corrected chi connectivity index (χ0v) is 15.3. The molecule has 4 N–H and O–H groups in total. The fourth-order valence-corrected chi connectivity index (χ4v) is 3.48. The predicted octanol–water partition coefficient (Wildman–Crippen LogP) is 6.16. The van der Waals surface area contributed by atoms with Gasteiger partial charge in [-0.3, -0.25) is 0 Å². The normalized spacial score (nSPS) is 10.7. The molecule has 0 aliphatic rings. The molecular weight excluding hydrogens is 328 g/mol. The molecule has 0 unspecified atom stereocenters. The second-order valence-electron chi connectivity index (χ2n) is 6.84. The molecule has 0 aliphatic heterocycles. The van der Waals surface area contributed by atoms with Gasteiger partial charge >= 0.3 is 0 Å². The number of benzene rings is 4. The van der Waals surface area contributed by atoms with Crippen molar-refractivity contribution in [1.82, 2.24) is 0 Å². The summed E-state index contributed by atoms with van der Waals surface area (Å²) < 4.78 is 0. The van der Waals surface area contributed by atoms with Gasteiger partial charge in [-0.2, -0.15) is 0 Å². The van der Waals surface area contributed by atoms with Gasteiger partial charge in [0.25, 0.3) is 0 Å². The van der Waals surface area contributed by atoms with Crippen molar-refractivity contribution in [2.75, 3.05) is 11.5 Å². The largest absolute Gasteiger partial charge is 0.399 e.